The highest BCUT2D eigenvalue weighted by Gasteiger charge is 2.53. The maximum atomic E-state index is 12.9. The van der Waals surface area contributed by atoms with E-state index in [1.54, 1.807) is 12.1 Å². The molecule has 23 heavy (non-hydrogen) atoms. The van der Waals surface area contributed by atoms with Crippen LogP contribution in [0.15, 0.2) is 36.4 Å². The van der Waals surface area contributed by atoms with Crippen molar-refractivity contribution in [2.24, 2.45) is 23.7 Å². The molecule has 2 bridgehead atoms. The number of hydrogen-bond acceptors (Lipinski definition) is 3. The van der Waals surface area contributed by atoms with Crippen LogP contribution in [0.4, 0.5) is 5.69 Å². The molecule has 1 aromatic rings. The average molecular weight is 311 g/mol. The van der Waals surface area contributed by atoms with E-state index in [1.165, 1.54) is 19.3 Å². The first kappa shape index (κ1) is 14.6. The van der Waals surface area contributed by atoms with Gasteiger partial charge in [0.15, 0.2) is 0 Å². The van der Waals surface area contributed by atoms with Gasteiger partial charge in [0.1, 0.15) is 5.78 Å². The zero-order valence-electron chi connectivity index (χ0n) is 13.1. The molecule has 0 aromatic heterocycles. The smallest absolute Gasteiger partial charge is 0.273 e. The van der Waals surface area contributed by atoms with Crippen molar-refractivity contribution in [2.75, 3.05) is 0 Å². The Balaban J connectivity index is 1.77. The molecule has 0 radical (unpaired) electrons. The molecule has 0 spiro atoms. The van der Waals surface area contributed by atoms with Gasteiger partial charge < -0.3 is 0 Å². The van der Waals surface area contributed by atoms with Crippen LogP contribution in [0.25, 0.3) is 0 Å². The van der Waals surface area contributed by atoms with Gasteiger partial charge in [-0.2, -0.15) is 0 Å². The molecule has 4 rings (SSSR count). The maximum Gasteiger partial charge on any atom is 0.273 e. The van der Waals surface area contributed by atoms with Crippen molar-refractivity contribution in [3.63, 3.8) is 0 Å². The minimum absolute atomic E-state index is 0.0575. The number of allylic oxidation sites excluding steroid dienone is 2. The third-order valence-electron chi connectivity index (χ3n) is 6.11. The summed E-state index contributed by atoms with van der Waals surface area (Å²) in [5.74, 6) is 1.05. The van der Waals surface area contributed by atoms with Crippen LogP contribution in [0.3, 0.4) is 0 Å². The second-order valence-corrected chi connectivity index (χ2v) is 7.15. The number of nitro groups is 1. The first-order valence-electron chi connectivity index (χ1n) is 8.64. The standard InChI is InChI=1S/C19H21NO3/c21-19-16-11-10-15(13-7-4-5-9-17(13)20(22)23)18(19)14-8-3-1-2-6-12(14)16/h4-5,7,9-12,14-16,18H,1-3,6,8H2/t12-,14+,15-,16-,18-/m1/s1. The van der Waals surface area contributed by atoms with Gasteiger partial charge in [-0.15, -0.1) is 0 Å². The second-order valence-electron chi connectivity index (χ2n) is 7.15. The van der Waals surface area contributed by atoms with E-state index in [4.69, 9.17) is 0 Å². The third-order valence-corrected chi connectivity index (χ3v) is 6.11. The van der Waals surface area contributed by atoms with Gasteiger partial charge in [0.05, 0.1) is 4.92 Å². The van der Waals surface area contributed by atoms with Crippen molar-refractivity contribution in [1.29, 1.82) is 0 Å². The van der Waals surface area contributed by atoms with E-state index >= 15 is 0 Å². The van der Waals surface area contributed by atoms with E-state index in [2.05, 4.69) is 12.2 Å². The predicted octanol–water partition coefficient (Wildman–Crippen LogP) is 4.26. The summed E-state index contributed by atoms with van der Waals surface area (Å²) in [5, 5.41) is 11.4. The Morgan fingerprint density at radius 2 is 1.65 bits per heavy atom. The fraction of sp³-hybridized carbons (Fsp3) is 0.526. The summed E-state index contributed by atoms with van der Waals surface area (Å²) < 4.78 is 0. The van der Waals surface area contributed by atoms with E-state index in [-0.39, 0.29) is 28.4 Å². The van der Waals surface area contributed by atoms with Crippen molar-refractivity contribution in [2.45, 2.75) is 38.0 Å². The van der Waals surface area contributed by atoms with Gasteiger partial charge in [-0.1, -0.05) is 49.6 Å². The molecule has 3 aliphatic carbocycles. The Hall–Kier alpha value is -1.97. The number of carbonyl (C=O) groups is 1. The van der Waals surface area contributed by atoms with E-state index in [9.17, 15) is 14.9 Å². The first-order valence-corrected chi connectivity index (χ1v) is 8.64. The monoisotopic (exact) mass is 311 g/mol. The van der Waals surface area contributed by atoms with Crippen molar-refractivity contribution in [3.8, 4) is 0 Å². The molecule has 0 saturated heterocycles. The average Bonchev–Trinajstić information content (AvgIpc) is 2.75. The van der Waals surface area contributed by atoms with Gasteiger partial charge in [0.2, 0.25) is 0 Å². The lowest BCUT2D eigenvalue weighted by Crippen LogP contribution is -2.26. The van der Waals surface area contributed by atoms with Crippen LogP contribution in [0.5, 0.6) is 0 Å². The van der Waals surface area contributed by atoms with Gasteiger partial charge in [-0.05, 0) is 24.7 Å². The molecule has 4 nitrogen and oxygen atoms in total. The Morgan fingerprint density at radius 3 is 2.43 bits per heavy atom. The molecule has 0 unspecified atom stereocenters. The quantitative estimate of drug-likeness (QED) is 0.466. The summed E-state index contributed by atoms with van der Waals surface area (Å²) in [4.78, 5) is 24.0. The summed E-state index contributed by atoms with van der Waals surface area (Å²) in [6.45, 7) is 0. The lowest BCUT2D eigenvalue weighted by Gasteiger charge is -2.27. The molecule has 5 atom stereocenters. The van der Waals surface area contributed by atoms with E-state index in [1.807, 2.05) is 12.1 Å². The highest BCUT2D eigenvalue weighted by molar-refractivity contribution is 5.90. The molecule has 0 heterocycles. The van der Waals surface area contributed by atoms with E-state index in [0.717, 1.165) is 12.8 Å². The number of ketones is 1. The van der Waals surface area contributed by atoms with Crippen molar-refractivity contribution >= 4 is 11.5 Å². The molecule has 0 amide bonds. The summed E-state index contributed by atoms with van der Waals surface area (Å²) in [6.07, 6.45) is 10.00. The Kier molecular flexibility index (Phi) is 3.55. The number of carbonyl (C=O) groups excluding carboxylic acids is 1. The molecule has 0 aliphatic heterocycles. The molecule has 0 N–H and O–H groups in total. The Morgan fingerprint density at radius 1 is 0.957 bits per heavy atom. The predicted molar refractivity (Wildman–Crippen MR) is 87.0 cm³/mol. The number of benzene rings is 1. The fourth-order valence-electron chi connectivity index (χ4n) is 5.17. The highest BCUT2D eigenvalue weighted by Crippen LogP contribution is 2.55. The Labute approximate surface area is 135 Å². The Bertz CT molecular complexity index is 681. The van der Waals surface area contributed by atoms with E-state index < -0.39 is 0 Å². The molecule has 4 heteroatoms. The lowest BCUT2D eigenvalue weighted by atomic mass is 9.75. The fourth-order valence-corrected chi connectivity index (χ4v) is 5.17. The minimum Gasteiger partial charge on any atom is -0.299 e. The number of rotatable bonds is 2. The second kappa shape index (κ2) is 5.59. The summed E-state index contributed by atoms with van der Waals surface area (Å²) in [6, 6.07) is 6.91. The van der Waals surface area contributed by atoms with Crippen molar-refractivity contribution in [1.82, 2.24) is 0 Å². The number of nitrogens with zero attached hydrogens (tertiary/aromatic N) is 1. The largest absolute Gasteiger partial charge is 0.299 e. The minimum atomic E-state index is -0.320. The summed E-state index contributed by atoms with van der Waals surface area (Å²) in [7, 11) is 0. The van der Waals surface area contributed by atoms with Gasteiger partial charge in [-0.25, -0.2) is 0 Å². The number of Topliss-reactive ketones (excluding diaryl/α,β-unsaturated/α-hetero) is 1. The SMILES string of the molecule is O=C1[C@@H]2[C@H]3CCCCC[C@H]3[C@H]1C=C[C@@H]2c1ccccc1[N+](=O)[O-]. The van der Waals surface area contributed by atoms with Crippen LogP contribution in [0.2, 0.25) is 0 Å². The maximum absolute atomic E-state index is 12.9. The van der Waals surface area contributed by atoms with Gasteiger partial charge >= 0.3 is 0 Å². The molecular formula is C19H21NO3. The van der Waals surface area contributed by atoms with Crippen LogP contribution in [-0.2, 0) is 4.79 Å². The molecule has 120 valence electrons. The molecular weight excluding hydrogens is 290 g/mol. The third kappa shape index (κ3) is 2.23. The highest BCUT2D eigenvalue weighted by atomic mass is 16.6. The first-order chi connectivity index (χ1) is 11.2. The van der Waals surface area contributed by atoms with Crippen LogP contribution in [-0.4, -0.2) is 10.7 Å². The van der Waals surface area contributed by atoms with Crippen molar-refractivity contribution in [3.05, 3.63) is 52.1 Å². The lowest BCUT2D eigenvalue weighted by molar-refractivity contribution is -0.385. The van der Waals surface area contributed by atoms with Crippen molar-refractivity contribution < 1.29 is 9.72 Å². The number of fused-ring (bicyclic) bond motifs is 5. The number of nitro benzene ring substituents is 1. The van der Waals surface area contributed by atoms with Crippen LogP contribution in [0, 0.1) is 33.8 Å². The molecule has 2 fully saturated rings. The zero-order valence-corrected chi connectivity index (χ0v) is 13.1. The number of hydrogen-bond donors (Lipinski definition) is 0. The summed E-state index contributed by atoms with van der Waals surface area (Å²) >= 11 is 0. The molecule has 3 aliphatic rings. The van der Waals surface area contributed by atoms with E-state index in [0.29, 0.717) is 23.2 Å². The van der Waals surface area contributed by atoms with Crippen LogP contribution in [0.1, 0.15) is 43.6 Å². The summed E-state index contributed by atoms with van der Waals surface area (Å²) in [5.41, 5.74) is 0.848. The van der Waals surface area contributed by atoms with Gasteiger partial charge in [0.25, 0.3) is 5.69 Å². The topological polar surface area (TPSA) is 60.2 Å². The van der Waals surface area contributed by atoms with Gasteiger partial charge in [-0.3, -0.25) is 14.9 Å². The van der Waals surface area contributed by atoms with Crippen LogP contribution >= 0.6 is 0 Å². The normalized spacial score (nSPS) is 35.7. The van der Waals surface area contributed by atoms with Crippen LogP contribution < -0.4 is 0 Å². The number of para-hydroxylation sites is 1. The molecule has 1 aromatic carbocycles. The van der Waals surface area contributed by atoms with Gasteiger partial charge in [0, 0.05) is 29.4 Å². The zero-order chi connectivity index (χ0) is 16.0. The molecule has 2 saturated carbocycles.